The van der Waals surface area contributed by atoms with Gasteiger partial charge in [0.25, 0.3) is 0 Å². The second-order valence-corrected chi connectivity index (χ2v) is 6.21. The third kappa shape index (κ3) is 5.09. The highest BCUT2D eigenvalue weighted by molar-refractivity contribution is 5.82. The molecular formula is C18H20F3N3O2. The van der Waals surface area contributed by atoms with Crippen LogP contribution in [0.2, 0.25) is 0 Å². The average molecular weight is 367 g/mol. The fourth-order valence-corrected chi connectivity index (χ4v) is 2.88. The molecule has 1 saturated heterocycles. The van der Waals surface area contributed by atoms with E-state index in [9.17, 15) is 18.0 Å². The number of carbonyl (C=O) groups is 1. The number of hydrogen-bond acceptors (Lipinski definition) is 4. The minimum absolute atomic E-state index is 0.324. The van der Waals surface area contributed by atoms with Crippen molar-refractivity contribution >= 4 is 5.91 Å². The summed E-state index contributed by atoms with van der Waals surface area (Å²) in [7, 11) is 0. The van der Waals surface area contributed by atoms with Gasteiger partial charge in [-0.05, 0) is 12.1 Å². The Morgan fingerprint density at radius 1 is 1.23 bits per heavy atom. The molecule has 1 aromatic heterocycles. The highest BCUT2D eigenvalue weighted by atomic mass is 19.4. The smallest absolute Gasteiger partial charge is 0.405 e. The lowest BCUT2D eigenvalue weighted by atomic mass is 10.2. The van der Waals surface area contributed by atoms with Gasteiger partial charge < -0.3 is 15.1 Å². The standard InChI is InChI=1S/C18H20F3N3O2/c19-18(20,21)12-23-17(25)15-11-24(9-8-22-15)10-14-6-7-16(26-14)13-4-2-1-3-5-13/h1-7,15,22H,8-12H2,(H,23,25)/t15-/m0/s1. The monoisotopic (exact) mass is 367 g/mol. The molecule has 0 bridgehead atoms. The zero-order valence-electron chi connectivity index (χ0n) is 14.1. The van der Waals surface area contributed by atoms with Gasteiger partial charge >= 0.3 is 6.18 Å². The Kier molecular flexibility index (Phi) is 5.63. The molecule has 26 heavy (non-hydrogen) atoms. The molecule has 8 heteroatoms. The Hall–Kier alpha value is -2.32. The van der Waals surface area contributed by atoms with Gasteiger partial charge in [0, 0.05) is 25.2 Å². The molecule has 0 radical (unpaired) electrons. The second kappa shape index (κ2) is 7.92. The van der Waals surface area contributed by atoms with Crippen LogP contribution >= 0.6 is 0 Å². The normalized spacial score (nSPS) is 18.7. The number of piperazine rings is 1. The highest BCUT2D eigenvalue weighted by Gasteiger charge is 2.31. The third-order valence-corrected chi connectivity index (χ3v) is 4.14. The zero-order valence-corrected chi connectivity index (χ0v) is 14.1. The van der Waals surface area contributed by atoms with Crippen LogP contribution in [0.3, 0.4) is 0 Å². The Bertz CT molecular complexity index is 731. The summed E-state index contributed by atoms with van der Waals surface area (Å²) in [5, 5.41) is 4.88. The van der Waals surface area contributed by atoms with E-state index in [0.29, 0.717) is 26.2 Å². The Morgan fingerprint density at radius 2 is 2.00 bits per heavy atom. The minimum Gasteiger partial charge on any atom is -0.460 e. The van der Waals surface area contributed by atoms with Crippen molar-refractivity contribution < 1.29 is 22.4 Å². The van der Waals surface area contributed by atoms with E-state index in [2.05, 4.69) is 5.32 Å². The summed E-state index contributed by atoms with van der Waals surface area (Å²) < 4.78 is 42.5. The van der Waals surface area contributed by atoms with Gasteiger partial charge in [0.2, 0.25) is 5.91 Å². The van der Waals surface area contributed by atoms with E-state index in [1.807, 2.05) is 52.7 Å². The summed E-state index contributed by atoms with van der Waals surface area (Å²) in [5.74, 6) is 0.867. The van der Waals surface area contributed by atoms with E-state index >= 15 is 0 Å². The molecule has 0 spiro atoms. The lowest BCUT2D eigenvalue weighted by Gasteiger charge is -2.32. The predicted molar refractivity (Wildman–Crippen MR) is 90.3 cm³/mol. The molecular weight excluding hydrogens is 347 g/mol. The Labute approximate surface area is 149 Å². The number of benzene rings is 1. The van der Waals surface area contributed by atoms with E-state index in [-0.39, 0.29) is 0 Å². The van der Waals surface area contributed by atoms with Crippen LogP contribution in [0.1, 0.15) is 5.76 Å². The molecule has 3 rings (SSSR count). The molecule has 140 valence electrons. The van der Waals surface area contributed by atoms with Crippen LogP contribution in [0.5, 0.6) is 0 Å². The number of amides is 1. The van der Waals surface area contributed by atoms with Gasteiger partial charge in [-0.25, -0.2) is 0 Å². The summed E-state index contributed by atoms with van der Waals surface area (Å²) in [6.45, 7) is 0.714. The van der Waals surface area contributed by atoms with Crippen LogP contribution < -0.4 is 10.6 Å². The largest absolute Gasteiger partial charge is 0.460 e. The number of hydrogen-bond donors (Lipinski definition) is 2. The van der Waals surface area contributed by atoms with Crippen molar-refractivity contribution in [1.29, 1.82) is 0 Å². The second-order valence-electron chi connectivity index (χ2n) is 6.21. The number of furan rings is 1. The molecule has 1 amide bonds. The van der Waals surface area contributed by atoms with Crippen molar-refractivity contribution in [2.24, 2.45) is 0 Å². The van der Waals surface area contributed by atoms with Crippen LogP contribution in [0.25, 0.3) is 11.3 Å². The summed E-state index contributed by atoms with van der Waals surface area (Å²) in [5.41, 5.74) is 0.975. The molecule has 5 nitrogen and oxygen atoms in total. The average Bonchev–Trinajstić information content (AvgIpc) is 3.08. The van der Waals surface area contributed by atoms with Gasteiger partial charge in [0.1, 0.15) is 18.1 Å². The topological polar surface area (TPSA) is 57.5 Å². The van der Waals surface area contributed by atoms with Gasteiger partial charge in [-0.1, -0.05) is 30.3 Å². The van der Waals surface area contributed by atoms with Crippen LogP contribution in [0.15, 0.2) is 46.9 Å². The Morgan fingerprint density at radius 3 is 2.73 bits per heavy atom. The minimum atomic E-state index is -4.41. The molecule has 2 N–H and O–H groups in total. The first-order chi connectivity index (χ1) is 12.4. The molecule has 1 fully saturated rings. The van der Waals surface area contributed by atoms with Gasteiger partial charge in [-0.3, -0.25) is 9.69 Å². The first-order valence-electron chi connectivity index (χ1n) is 8.35. The molecule has 1 aromatic carbocycles. The zero-order chi connectivity index (χ0) is 18.6. The number of nitrogens with one attached hydrogen (secondary N) is 2. The lowest BCUT2D eigenvalue weighted by molar-refractivity contribution is -0.140. The van der Waals surface area contributed by atoms with Crippen LogP contribution in [-0.2, 0) is 11.3 Å². The molecule has 2 aromatic rings. The van der Waals surface area contributed by atoms with E-state index in [4.69, 9.17) is 4.42 Å². The molecule has 0 aliphatic carbocycles. The molecule has 0 saturated carbocycles. The third-order valence-electron chi connectivity index (χ3n) is 4.14. The molecule has 1 atom stereocenters. The SMILES string of the molecule is O=C(NCC(F)(F)F)[C@@H]1CN(Cc2ccc(-c3ccccc3)o2)CCN1. The number of rotatable bonds is 5. The van der Waals surface area contributed by atoms with Crippen molar-refractivity contribution in [2.45, 2.75) is 18.8 Å². The number of halogens is 3. The van der Waals surface area contributed by atoms with Crippen molar-refractivity contribution in [1.82, 2.24) is 15.5 Å². The number of carbonyl (C=O) groups excluding carboxylic acids is 1. The fourth-order valence-electron chi connectivity index (χ4n) is 2.88. The van der Waals surface area contributed by atoms with E-state index in [1.54, 1.807) is 0 Å². The van der Waals surface area contributed by atoms with Crippen molar-refractivity contribution in [3.05, 3.63) is 48.2 Å². The predicted octanol–water partition coefficient (Wildman–Crippen LogP) is 2.40. The molecule has 1 aliphatic rings. The van der Waals surface area contributed by atoms with Crippen LogP contribution in [0.4, 0.5) is 13.2 Å². The van der Waals surface area contributed by atoms with Crippen molar-refractivity contribution in [3.63, 3.8) is 0 Å². The summed E-state index contributed by atoms with van der Waals surface area (Å²) >= 11 is 0. The van der Waals surface area contributed by atoms with Crippen molar-refractivity contribution in [3.8, 4) is 11.3 Å². The van der Waals surface area contributed by atoms with Gasteiger partial charge in [0.05, 0.1) is 12.6 Å². The maximum atomic E-state index is 12.2. The molecule has 1 aliphatic heterocycles. The molecule has 2 heterocycles. The Balaban J connectivity index is 1.55. The summed E-state index contributed by atoms with van der Waals surface area (Å²) in [6.07, 6.45) is -4.41. The quantitative estimate of drug-likeness (QED) is 0.852. The van der Waals surface area contributed by atoms with E-state index in [0.717, 1.165) is 17.1 Å². The molecule has 0 unspecified atom stereocenters. The van der Waals surface area contributed by atoms with E-state index in [1.165, 1.54) is 0 Å². The fraction of sp³-hybridized carbons (Fsp3) is 0.389. The maximum absolute atomic E-state index is 12.2. The maximum Gasteiger partial charge on any atom is 0.405 e. The number of nitrogens with zero attached hydrogens (tertiary/aromatic N) is 1. The van der Waals surface area contributed by atoms with Crippen LogP contribution in [-0.4, -0.2) is 49.2 Å². The first kappa shape index (κ1) is 18.5. The van der Waals surface area contributed by atoms with Crippen molar-refractivity contribution in [2.75, 3.05) is 26.2 Å². The van der Waals surface area contributed by atoms with Gasteiger partial charge in [-0.15, -0.1) is 0 Å². The van der Waals surface area contributed by atoms with Crippen LogP contribution in [0, 0.1) is 0 Å². The lowest BCUT2D eigenvalue weighted by Crippen LogP contribution is -2.57. The highest BCUT2D eigenvalue weighted by Crippen LogP contribution is 2.22. The number of alkyl halides is 3. The van der Waals surface area contributed by atoms with E-state index < -0.39 is 24.7 Å². The van der Waals surface area contributed by atoms with Gasteiger partial charge in [0.15, 0.2) is 0 Å². The first-order valence-corrected chi connectivity index (χ1v) is 8.35. The van der Waals surface area contributed by atoms with Gasteiger partial charge in [-0.2, -0.15) is 13.2 Å². The summed E-state index contributed by atoms with van der Waals surface area (Å²) in [4.78, 5) is 13.9. The summed E-state index contributed by atoms with van der Waals surface area (Å²) in [6, 6.07) is 12.8.